The predicted molar refractivity (Wildman–Crippen MR) is 91.5 cm³/mol. The standard InChI is InChI=1S/C17H20O2S2/c1-11-5-7-13(18)15(9-11)20-17(3,4)21-16-10-12(2)6-8-14(16)19/h5-10,18-19H,1-4H3. The van der Waals surface area contributed by atoms with E-state index in [0.717, 1.165) is 20.9 Å². The molecule has 21 heavy (non-hydrogen) atoms. The second kappa shape index (κ2) is 6.24. The van der Waals surface area contributed by atoms with Gasteiger partial charge >= 0.3 is 0 Å². The molecule has 4 heteroatoms. The van der Waals surface area contributed by atoms with Gasteiger partial charge in [0.15, 0.2) is 0 Å². The first kappa shape index (κ1) is 16.1. The summed E-state index contributed by atoms with van der Waals surface area (Å²) >= 11 is 3.20. The lowest BCUT2D eigenvalue weighted by atomic mass is 10.2. The SMILES string of the molecule is Cc1ccc(O)c(SC(C)(C)Sc2cc(C)ccc2O)c1. The highest BCUT2D eigenvalue weighted by atomic mass is 32.2. The van der Waals surface area contributed by atoms with Crippen LogP contribution in [0.5, 0.6) is 11.5 Å². The van der Waals surface area contributed by atoms with Gasteiger partial charge in [0.2, 0.25) is 0 Å². The normalized spacial score (nSPS) is 11.6. The second-order valence-corrected chi connectivity index (χ2v) is 9.13. The molecular weight excluding hydrogens is 300 g/mol. The van der Waals surface area contributed by atoms with Crippen LogP contribution in [0.3, 0.4) is 0 Å². The van der Waals surface area contributed by atoms with Crippen LogP contribution in [0.25, 0.3) is 0 Å². The zero-order chi connectivity index (χ0) is 15.6. The van der Waals surface area contributed by atoms with Crippen LogP contribution in [0.15, 0.2) is 46.2 Å². The number of benzene rings is 2. The Morgan fingerprint density at radius 1 is 0.762 bits per heavy atom. The van der Waals surface area contributed by atoms with Crippen molar-refractivity contribution in [2.24, 2.45) is 0 Å². The van der Waals surface area contributed by atoms with E-state index in [1.807, 2.05) is 38.1 Å². The van der Waals surface area contributed by atoms with Gasteiger partial charge in [-0.2, -0.15) is 0 Å². The van der Waals surface area contributed by atoms with Gasteiger partial charge in [-0.3, -0.25) is 0 Å². The molecule has 112 valence electrons. The number of phenolic OH excluding ortho intramolecular Hbond substituents is 2. The Morgan fingerprint density at radius 3 is 1.52 bits per heavy atom. The molecule has 0 spiro atoms. The molecule has 2 aromatic rings. The lowest BCUT2D eigenvalue weighted by Gasteiger charge is -2.24. The van der Waals surface area contributed by atoms with Crippen LogP contribution in [0.4, 0.5) is 0 Å². The van der Waals surface area contributed by atoms with Gasteiger partial charge in [-0.1, -0.05) is 12.1 Å². The maximum absolute atomic E-state index is 9.98. The lowest BCUT2D eigenvalue weighted by Crippen LogP contribution is -2.08. The van der Waals surface area contributed by atoms with E-state index in [0.29, 0.717) is 11.5 Å². The monoisotopic (exact) mass is 320 g/mol. The minimum absolute atomic E-state index is 0.212. The predicted octanol–water partition coefficient (Wildman–Crippen LogP) is 5.34. The summed E-state index contributed by atoms with van der Waals surface area (Å²) in [5, 5.41) is 20.0. The van der Waals surface area contributed by atoms with E-state index in [1.54, 1.807) is 35.7 Å². The number of rotatable bonds is 4. The Kier molecular flexibility index (Phi) is 4.79. The average molecular weight is 320 g/mol. The zero-order valence-electron chi connectivity index (χ0n) is 12.7. The topological polar surface area (TPSA) is 40.5 Å². The summed E-state index contributed by atoms with van der Waals surface area (Å²) in [6, 6.07) is 11.2. The molecule has 0 fully saturated rings. The third-order valence-electron chi connectivity index (χ3n) is 2.94. The van der Waals surface area contributed by atoms with E-state index in [1.165, 1.54) is 0 Å². The van der Waals surface area contributed by atoms with Crippen molar-refractivity contribution in [2.45, 2.75) is 41.6 Å². The van der Waals surface area contributed by atoms with E-state index in [9.17, 15) is 10.2 Å². The Labute approximate surface area is 134 Å². The summed E-state index contributed by atoms with van der Waals surface area (Å²) in [7, 11) is 0. The largest absolute Gasteiger partial charge is 0.507 e. The van der Waals surface area contributed by atoms with Gasteiger partial charge in [0.05, 0.1) is 13.9 Å². The molecule has 2 N–H and O–H groups in total. The van der Waals surface area contributed by atoms with Crippen LogP contribution >= 0.6 is 23.5 Å². The molecule has 2 nitrogen and oxygen atoms in total. The molecule has 0 unspecified atom stereocenters. The third-order valence-corrected chi connectivity index (χ3v) is 5.52. The lowest BCUT2D eigenvalue weighted by molar-refractivity contribution is 0.462. The van der Waals surface area contributed by atoms with Crippen LogP contribution in [0.1, 0.15) is 25.0 Å². The number of hydrogen-bond donors (Lipinski definition) is 2. The fourth-order valence-corrected chi connectivity index (χ4v) is 4.56. The van der Waals surface area contributed by atoms with Gasteiger partial charge in [-0.15, -0.1) is 23.5 Å². The molecule has 0 saturated heterocycles. The van der Waals surface area contributed by atoms with E-state index in [2.05, 4.69) is 13.8 Å². The number of phenols is 2. The number of aryl methyl sites for hydroxylation is 2. The van der Waals surface area contributed by atoms with E-state index >= 15 is 0 Å². The number of aromatic hydroxyl groups is 2. The quantitative estimate of drug-likeness (QED) is 0.589. The maximum atomic E-state index is 9.98. The van der Waals surface area contributed by atoms with Crippen molar-refractivity contribution in [1.29, 1.82) is 0 Å². The summed E-state index contributed by atoms with van der Waals surface area (Å²) in [4.78, 5) is 1.72. The van der Waals surface area contributed by atoms with Crippen LogP contribution in [-0.2, 0) is 0 Å². The summed E-state index contributed by atoms with van der Waals surface area (Å²) in [5.41, 5.74) is 2.24. The molecule has 0 bridgehead atoms. The summed E-state index contributed by atoms with van der Waals surface area (Å²) in [5.74, 6) is 0.598. The highest BCUT2D eigenvalue weighted by Gasteiger charge is 2.24. The van der Waals surface area contributed by atoms with E-state index in [-0.39, 0.29) is 4.08 Å². The molecule has 0 radical (unpaired) electrons. The molecule has 2 rings (SSSR count). The molecule has 2 aromatic carbocycles. The van der Waals surface area contributed by atoms with Gasteiger partial charge < -0.3 is 10.2 Å². The van der Waals surface area contributed by atoms with Crippen molar-refractivity contribution in [1.82, 2.24) is 0 Å². The van der Waals surface area contributed by atoms with E-state index < -0.39 is 0 Å². The fourth-order valence-electron chi connectivity index (χ4n) is 1.96. The average Bonchev–Trinajstić information content (AvgIpc) is 2.37. The minimum Gasteiger partial charge on any atom is -0.507 e. The first-order valence-corrected chi connectivity index (χ1v) is 8.37. The third kappa shape index (κ3) is 4.35. The first-order chi connectivity index (χ1) is 9.77. The summed E-state index contributed by atoms with van der Waals surface area (Å²) in [6.07, 6.45) is 0. The molecule has 0 heterocycles. The van der Waals surface area contributed by atoms with Gasteiger partial charge in [-0.25, -0.2) is 0 Å². The van der Waals surface area contributed by atoms with Gasteiger partial charge in [-0.05, 0) is 63.1 Å². The van der Waals surface area contributed by atoms with Crippen molar-refractivity contribution in [3.63, 3.8) is 0 Å². The Bertz CT molecular complexity index is 596. The Morgan fingerprint density at radius 2 is 1.14 bits per heavy atom. The summed E-state index contributed by atoms with van der Waals surface area (Å²) in [6.45, 7) is 8.20. The molecule has 0 aromatic heterocycles. The molecular formula is C17H20O2S2. The highest BCUT2D eigenvalue weighted by Crippen LogP contribution is 2.49. The molecule has 0 saturated carbocycles. The Hall–Kier alpha value is -1.26. The fraction of sp³-hybridized carbons (Fsp3) is 0.294. The van der Waals surface area contributed by atoms with Crippen molar-refractivity contribution in [3.8, 4) is 11.5 Å². The number of hydrogen-bond acceptors (Lipinski definition) is 4. The second-order valence-electron chi connectivity index (χ2n) is 5.55. The van der Waals surface area contributed by atoms with Crippen LogP contribution in [-0.4, -0.2) is 14.3 Å². The smallest absolute Gasteiger partial charge is 0.129 e. The molecule has 0 atom stereocenters. The van der Waals surface area contributed by atoms with Gasteiger partial charge in [0.1, 0.15) is 11.5 Å². The molecule has 0 aliphatic heterocycles. The molecule has 0 amide bonds. The van der Waals surface area contributed by atoms with Crippen LogP contribution in [0.2, 0.25) is 0 Å². The van der Waals surface area contributed by atoms with Gasteiger partial charge in [0.25, 0.3) is 0 Å². The van der Waals surface area contributed by atoms with Crippen molar-refractivity contribution >= 4 is 23.5 Å². The Balaban J connectivity index is 2.22. The van der Waals surface area contributed by atoms with E-state index in [4.69, 9.17) is 0 Å². The van der Waals surface area contributed by atoms with Crippen LogP contribution in [0, 0.1) is 13.8 Å². The van der Waals surface area contributed by atoms with Crippen molar-refractivity contribution in [2.75, 3.05) is 0 Å². The number of thioether (sulfide) groups is 2. The maximum Gasteiger partial charge on any atom is 0.129 e. The highest BCUT2D eigenvalue weighted by molar-refractivity contribution is 8.18. The van der Waals surface area contributed by atoms with Crippen LogP contribution < -0.4 is 0 Å². The molecule has 0 aliphatic rings. The van der Waals surface area contributed by atoms with Crippen molar-refractivity contribution in [3.05, 3.63) is 47.5 Å². The minimum atomic E-state index is -0.212. The summed E-state index contributed by atoms with van der Waals surface area (Å²) < 4.78 is -0.212. The van der Waals surface area contributed by atoms with Crippen molar-refractivity contribution < 1.29 is 10.2 Å². The van der Waals surface area contributed by atoms with Gasteiger partial charge in [0, 0.05) is 0 Å². The first-order valence-electron chi connectivity index (χ1n) is 6.74. The molecule has 0 aliphatic carbocycles. The zero-order valence-corrected chi connectivity index (χ0v) is 14.3.